The van der Waals surface area contributed by atoms with Crippen molar-refractivity contribution in [2.45, 2.75) is 27.2 Å². The van der Waals surface area contributed by atoms with Crippen LogP contribution in [0.25, 0.3) is 21.5 Å². The zero-order valence-electron chi connectivity index (χ0n) is 19.3. The molecule has 0 radical (unpaired) electrons. The quantitative estimate of drug-likeness (QED) is 0.158. The number of rotatable bonds is 5. The number of aliphatic hydroxyl groups excluding tert-OH is 1. The molecule has 0 fully saturated rings. The second-order valence-electron chi connectivity index (χ2n) is 7.13. The van der Waals surface area contributed by atoms with Gasteiger partial charge in [0.05, 0.1) is 5.57 Å². The molecule has 0 aliphatic carbocycles. The van der Waals surface area contributed by atoms with E-state index >= 15 is 0 Å². The monoisotopic (exact) mass is 464 g/mol. The fraction of sp³-hybridized carbons (Fsp3) is 0.148. The third kappa shape index (κ3) is 7.94. The van der Waals surface area contributed by atoms with Crippen LogP contribution in [0, 0.1) is 0 Å². The van der Waals surface area contributed by atoms with Crippen molar-refractivity contribution in [2.24, 2.45) is 0 Å². The standard InChI is InChI=1S/C14H10.C10H14O5.C3H4O2/c1-2-6-12-10-14-8-4-3-7-13(14)9-11(12)5-1;1-4-7(10(14)15)8(11)5(2)6(3)9(12)13;1-2-3(4)5/h1-10H;11H,4H2,1-3H3,(H,12,13)(H,14,15);2H,1H2,(H,4,5). The highest BCUT2D eigenvalue weighted by atomic mass is 16.4. The molecule has 4 N–H and O–H groups in total. The summed E-state index contributed by atoms with van der Waals surface area (Å²) in [6.45, 7) is 7.21. The van der Waals surface area contributed by atoms with Gasteiger partial charge in [-0.2, -0.15) is 0 Å². The van der Waals surface area contributed by atoms with Crippen molar-refractivity contribution in [3.8, 4) is 0 Å². The normalized spacial score (nSPS) is 11.6. The van der Waals surface area contributed by atoms with Gasteiger partial charge in [-0.05, 0) is 53.9 Å². The molecule has 34 heavy (non-hydrogen) atoms. The fourth-order valence-corrected chi connectivity index (χ4v) is 2.87. The second kappa shape index (κ2) is 13.2. The Hall–Kier alpha value is -4.39. The van der Waals surface area contributed by atoms with Gasteiger partial charge in [-0.25, -0.2) is 14.4 Å². The summed E-state index contributed by atoms with van der Waals surface area (Å²) >= 11 is 0. The molecule has 0 atom stereocenters. The van der Waals surface area contributed by atoms with E-state index in [4.69, 9.17) is 15.3 Å². The van der Waals surface area contributed by atoms with Crippen molar-refractivity contribution < 1.29 is 34.8 Å². The van der Waals surface area contributed by atoms with Crippen LogP contribution in [0.3, 0.4) is 0 Å². The lowest BCUT2D eigenvalue weighted by atomic mass is 10.0. The third-order valence-corrected chi connectivity index (χ3v) is 4.92. The fourth-order valence-electron chi connectivity index (χ4n) is 2.87. The molecule has 0 spiro atoms. The lowest BCUT2D eigenvalue weighted by Crippen LogP contribution is -2.07. The van der Waals surface area contributed by atoms with Crippen LogP contribution in [0.5, 0.6) is 0 Å². The molecule has 3 aromatic carbocycles. The van der Waals surface area contributed by atoms with Crippen LogP contribution in [0.15, 0.2) is 95.8 Å². The molecule has 0 aliphatic heterocycles. The molecule has 7 heteroatoms. The maximum absolute atomic E-state index is 10.7. The van der Waals surface area contributed by atoms with Crippen LogP contribution in [-0.2, 0) is 14.4 Å². The minimum Gasteiger partial charge on any atom is -0.507 e. The number of carboxylic acid groups (broad SMARTS) is 3. The molecule has 178 valence electrons. The minimum atomic E-state index is -1.24. The first-order valence-electron chi connectivity index (χ1n) is 10.3. The van der Waals surface area contributed by atoms with Crippen molar-refractivity contribution in [3.63, 3.8) is 0 Å². The van der Waals surface area contributed by atoms with Gasteiger partial charge in [0.2, 0.25) is 0 Å². The molecule has 0 aliphatic rings. The van der Waals surface area contributed by atoms with Crippen LogP contribution < -0.4 is 0 Å². The van der Waals surface area contributed by atoms with Crippen molar-refractivity contribution in [1.82, 2.24) is 0 Å². The van der Waals surface area contributed by atoms with Gasteiger partial charge in [0.1, 0.15) is 5.76 Å². The van der Waals surface area contributed by atoms with E-state index in [9.17, 15) is 19.5 Å². The number of allylic oxidation sites excluding steroid dienone is 1. The number of aliphatic carboxylic acids is 3. The Morgan fingerprint density at radius 3 is 1.32 bits per heavy atom. The summed E-state index contributed by atoms with van der Waals surface area (Å²) in [5.74, 6) is -3.87. The van der Waals surface area contributed by atoms with Crippen molar-refractivity contribution >= 4 is 39.5 Å². The largest absolute Gasteiger partial charge is 0.507 e. The molecule has 0 unspecified atom stereocenters. The molecule has 3 rings (SSSR count). The van der Waals surface area contributed by atoms with Gasteiger partial charge in [0.15, 0.2) is 0 Å². The molecule has 0 aromatic heterocycles. The molecule has 0 amide bonds. The maximum Gasteiger partial charge on any atom is 0.335 e. The van der Waals surface area contributed by atoms with Crippen LogP contribution in [0.1, 0.15) is 27.2 Å². The molecule has 0 bridgehead atoms. The van der Waals surface area contributed by atoms with E-state index in [1.54, 1.807) is 6.92 Å². The van der Waals surface area contributed by atoms with Crippen molar-refractivity contribution in [1.29, 1.82) is 0 Å². The lowest BCUT2D eigenvalue weighted by molar-refractivity contribution is -0.134. The Labute approximate surface area is 197 Å². The van der Waals surface area contributed by atoms with Crippen LogP contribution >= 0.6 is 0 Å². The Balaban J connectivity index is 0.000000285. The molecule has 0 saturated carbocycles. The highest BCUT2D eigenvalue weighted by Gasteiger charge is 2.16. The predicted octanol–water partition coefficient (Wildman–Crippen LogP) is 5.96. The molecule has 0 heterocycles. The molecule has 3 aromatic rings. The van der Waals surface area contributed by atoms with Gasteiger partial charge >= 0.3 is 17.9 Å². The van der Waals surface area contributed by atoms with E-state index in [0.717, 1.165) is 6.08 Å². The number of aliphatic hydroxyl groups is 1. The summed E-state index contributed by atoms with van der Waals surface area (Å²) in [4.78, 5) is 30.5. The van der Waals surface area contributed by atoms with Gasteiger partial charge in [-0.1, -0.05) is 62.0 Å². The molecular formula is C27H28O7. The Morgan fingerprint density at radius 1 is 0.735 bits per heavy atom. The van der Waals surface area contributed by atoms with Crippen molar-refractivity contribution in [2.75, 3.05) is 0 Å². The number of hydrogen-bond acceptors (Lipinski definition) is 4. The van der Waals surface area contributed by atoms with Gasteiger partial charge < -0.3 is 20.4 Å². The zero-order valence-corrected chi connectivity index (χ0v) is 19.3. The number of carboxylic acids is 3. The summed E-state index contributed by atoms with van der Waals surface area (Å²) in [5, 5.41) is 39.8. The van der Waals surface area contributed by atoms with Crippen LogP contribution in [0.4, 0.5) is 0 Å². The summed E-state index contributed by atoms with van der Waals surface area (Å²) in [6.07, 6.45) is 0.964. The third-order valence-electron chi connectivity index (χ3n) is 4.92. The first-order valence-corrected chi connectivity index (χ1v) is 10.3. The van der Waals surface area contributed by atoms with Crippen LogP contribution in [-0.4, -0.2) is 38.3 Å². The van der Waals surface area contributed by atoms with Gasteiger partial charge in [0, 0.05) is 17.2 Å². The van der Waals surface area contributed by atoms with E-state index in [1.807, 2.05) is 0 Å². The van der Waals surface area contributed by atoms with E-state index in [1.165, 1.54) is 35.4 Å². The number of fused-ring (bicyclic) bond motifs is 2. The van der Waals surface area contributed by atoms with Gasteiger partial charge in [-0.3, -0.25) is 0 Å². The SMILES string of the molecule is C=CC(=O)O.CCC(C(=O)O)=C(O)C(C)=C(C)C(=O)O.c1ccc2cc3ccccc3cc2c1. The number of hydrogen-bond donors (Lipinski definition) is 4. The highest BCUT2D eigenvalue weighted by molar-refractivity contribution is 5.98. The van der Waals surface area contributed by atoms with E-state index in [0.29, 0.717) is 0 Å². The summed E-state index contributed by atoms with van der Waals surface area (Å²) in [6, 6.07) is 21.4. The zero-order chi connectivity index (χ0) is 25.8. The molecule has 0 saturated heterocycles. The summed E-state index contributed by atoms with van der Waals surface area (Å²) in [5.41, 5.74) is -0.186. The van der Waals surface area contributed by atoms with E-state index in [-0.39, 0.29) is 23.1 Å². The molecular weight excluding hydrogens is 436 g/mol. The predicted molar refractivity (Wildman–Crippen MR) is 133 cm³/mol. The Morgan fingerprint density at radius 2 is 1.09 bits per heavy atom. The highest BCUT2D eigenvalue weighted by Crippen LogP contribution is 2.22. The van der Waals surface area contributed by atoms with E-state index < -0.39 is 23.7 Å². The van der Waals surface area contributed by atoms with Gasteiger partial charge in [0.25, 0.3) is 0 Å². The lowest BCUT2D eigenvalue weighted by Gasteiger charge is -2.07. The van der Waals surface area contributed by atoms with Gasteiger partial charge in [-0.15, -0.1) is 0 Å². The maximum atomic E-state index is 10.7. The summed E-state index contributed by atoms with van der Waals surface area (Å²) < 4.78 is 0. The van der Waals surface area contributed by atoms with E-state index in [2.05, 4.69) is 67.2 Å². The first kappa shape index (κ1) is 27.6. The minimum absolute atomic E-state index is 0.0697. The first-order chi connectivity index (χ1) is 16.0. The number of benzene rings is 3. The molecule has 7 nitrogen and oxygen atoms in total. The Kier molecular flexibility index (Phi) is 10.8. The average Bonchev–Trinajstić information content (AvgIpc) is 2.82. The smallest absolute Gasteiger partial charge is 0.335 e. The number of carbonyl (C=O) groups is 3. The Bertz CT molecular complexity index is 1160. The summed E-state index contributed by atoms with van der Waals surface area (Å²) in [7, 11) is 0. The second-order valence-corrected chi connectivity index (χ2v) is 7.13. The average molecular weight is 465 g/mol. The van der Waals surface area contributed by atoms with Crippen molar-refractivity contribution in [3.05, 3.63) is 95.8 Å². The van der Waals surface area contributed by atoms with Crippen LogP contribution in [0.2, 0.25) is 0 Å². The topological polar surface area (TPSA) is 132 Å².